The SMILES string of the molecule is CNC(C)c1ccccc1C(F)(F)C(F)(F)c1ccccc1.O=C(O)C(O)C(O)C(=O)O. The molecule has 0 aliphatic heterocycles. The molecule has 2 aromatic rings. The van der Waals surface area contributed by atoms with Crippen LogP contribution in [0.4, 0.5) is 17.6 Å². The maximum Gasteiger partial charge on any atom is 0.340 e. The number of hydrogen-bond acceptors (Lipinski definition) is 5. The molecule has 0 aliphatic carbocycles. The van der Waals surface area contributed by atoms with Crippen LogP contribution in [0.25, 0.3) is 0 Å². The maximum absolute atomic E-state index is 14.6. The predicted octanol–water partition coefficient (Wildman–Crippen LogP) is 2.73. The highest BCUT2D eigenvalue weighted by Crippen LogP contribution is 2.50. The lowest BCUT2D eigenvalue weighted by molar-refractivity contribution is -0.224. The van der Waals surface area contributed by atoms with Crippen molar-refractivity contribution in [1.82, 2.24) is 5.32 Å². The van der Waals surface area contributed by atoms with E-state index in [1.807, 2.05) is 0 Å². The van der Waals surface area contributed by atoms with Crippen LogP contribution in [-0.4, -0.2) is 51.6 Å². The largest absolute Gasteiger partial charge is 0.479 e. The first-order chi connectivity index (χ1) is 14.8. The molecule has 0 saturated heterocycles. The third kappa shape index (κ3) is 6.02. The van der Waals surface area contributed by atoms with Gasteiger partial charge in [-0.2, -0.15) is 17.6 Å². The van der Waals surface area contributed by atoms with E-state index in [-0.39, 0.29) is 5.56 Å². The molecule has 2 aromatic carbocycles. The number of aliphatic carboxylic acids is 2. The van der Waals surface area contributed by atoms with Gasteiger partial charge >= 0.3 is 23.8 Å². The first-order valence-corrected chi connectivity index (χ1v) is 9.18. The zero-order valence-electron chi connectivity index (χ0n) is 17.0. The van der Waals surface area contributed by atoms with Gasteiger partial charge in [0, 0.05) is 17.2 Å². The molecule has 3 atom stereocenters. The van der Waals surface area contributed by atoms with Gasteiger partial charge in [0.1, 0.15) is 0 Å². The molecule has 176 valence electrons. The van der Waals surface area contributed by atoms with Gasteiger partial charge < -0.3 is 25.7 Å². The smallest absolute Gasteiger partial charge is 0.340 e. The molecule has 3 unspecified atom stereocenters. The molecule has 0 aliphatic rings. The van der Waals surface area contributed by atoms with Crippen molar-refractivity contribution in [2.24, 2.45) is 0 Å². The van der Waals surface area contributed by atoms with Gasteiger partial charge in [-0.05, 0) is 19.5 Å². The molecule has 0 bridgehead atoms. The van der Waals surface area contributed by atoms with Gasteiger partial charge in [0.25, 0.3) is 0 Å². The second-order valence-electron chi connectivity index (χ2n) is 6.68. The predicted molar refractivity (Wildman–Crippen MR) is 105 cm³/mol. The number of carboxylic acids is 2. The number of aliphatic hydroxyl groups is 2. The molecule has 32 heavy (non-hydrogen) atoms. The summed E-state index contributed by atoms with van der Waals surface area (Å²) in [4.78, 5) is 19.5. The fourth-order valence-electron chi connectivity index (χ4n) is 2.58. The summed E-state index contributed by atoms with van der Waals surface area (Å²) >= 11 is 0. The van der Waals surface area contributed by atoms with E-state index >= 15 is 0 Å². The lowest BCUT2D eigenvalue weighted by Gasteiger charge is -2.30. The molecule has 0 fully saturated rings. The van der Waals surface area contributed by atoms with Gasteiger partial charge in [0.2, 0.25) is 0 Å². The molecule has 0 amide bonds. The number of carbonyl (C=O) groups is 2. The van der Waals surface area contributed by atoms with Crippen LogP contribution in [0.3, 0.4) is 0 Å². The second kappa shape index (κ2) is 11.0. The number of alkyl halides is 4. The van der Waals surface area contributed by atoms with Gasteiger partial charge in [-0.3, -0.25) is 0 Å². The highest BCUT2D eigenvalue weighted by Gasteiger charge is 2.59. The zero-order chi connectivity index (χ0) is 24.7. The van der Waals surface area contributed by atoms with Gasteiger partial charge in [-0.1, -0.05) is 54.6 Å². The summed E-state index contributed by atoms with van der Waals surface area (Å²) in [7, 11) is 1.59. The van der Waals surface area contributed by atoms with Crippen LogP contribution in [0.15, 0.2) is 54.6 Å². The number of hydrogen-bond donors (Lipinski definition) is 5. The molecular formula is C21H23F4NO6. The van der Waals surface area contributed by atoms with Gasteiger partial charge in [0.15, 0.2) is 12.2 Å². The van der Waals surface area contributed by atoms with E-state index in [2.05, 4.69) is 5.32 Å². The minimum atomic E-state index is -4.31. The molecule has 0 spiro atoms. The van der Waals surface area contributed by atoms with Crippen LogP contribution >= 0.6 is 0 Å². The van der Waals surface area contributed by atoms with Crippen LogP contribution < -0.4 is 5.32 Å². The zero-order valence-corrected chi connectivity index (χ0v) is 17.0. The fraction of sp³-hybridized carbons (Fsp3) is 0.333. The quantitative estimate of drug-likeness (QED) is 0.383. The van der Waals surface area contributed by atoms with E-state index in [9.17, 15) is 27.2 Å². The summed E-state index contributed by atoms with van der Waals surface area (Å²) < 4.78 is 58.0. The Morgan fingerprint density at radius 2 is 1.25 bits per heavy atom. The Hall–Kier alpha value is -3.02. The van der Waals surface area contributed by atoms with Crippen molar-refractivity contribution in [3.8, 4) is 0 Å². The summed E-state index contributed by atoms with van der Waals surface area (Å²) in [5.74, 6) is -12.1. The fourth-order valence-corrected chi connectivity index (χ4v) is 2.58. The molecule has 0 heterocycles. The molecule has 7 nitrogen and oxygen atoms in total. The molecule has 11 heteroatoms. The molecule has 5 N–H and O–H groups in total. The lowest BCUT2D eigenvalue weighted by Crippen LogP contribution is -2.39. The topological polar surface area (TPSA) is 127 Å². The van der Waals surface area contributed by atoms with Crippen molar-refractivity contribution in [2.75, 3.05) is 7.05 Å². The summed E-state index contributed by atoms with van der Waals surface area (Å²) in [6.07, 6.45) is -4.53. The average Bonchev–Trinajstić information content (AvgIpc) is 2.78. The number of halogens is 4. The minimum absolute atomic E-state index is 0.158. The first-order valence-electron chi connectivity index (χ1n) is 9.18. The molecule has 0 aromatic heterocycles. The number of aliphatic hydroxyl groups excluding tert-OH is 2. The van der Waals surface area contributed by atoms with Crippen molar-refractivity contribution >= 4 is 11.9 Å². The van der Waals surface area contributed by atoms with Crippen LogP contribution in [0, 0.1) is 0 Å². The van der Waals surface area contributed by atoms with Crippen molar-refractivity contribution in [3.63, 3.8) is 0 Å². The minimum Gasteiger partial charge on any atom is -0.479 e. The van der Waals surface area contributed by atoms with E-state index in [1.54, 1.807) is 20.0 Å². The third-order valence-electron chi connectivity index (χ3n) is 4.53. The summed E-state index contributed by atoms with van der Waals surface area (Å²) in [5.41, 5.74) is -1.21. The van der Waals surface area contributed by atoms with Gasteiger partial charge in [-0.25, -0.2) is 9.59 Å². The van der Waals surface area contributed by atoms with E-state index < -0.39 is 53.2 Å². The van der Waals surface area contributed by atoms with E-state index in [1.165, 1.54) is 30.3 Å². The number of nitrogens with one attached hydrogen (secondary N) is 1. The van der Waals surface area contributed by atoms with E-state index in [0.29, 0.717) is 0 Å². The number of benzene rings is 2. The Labute approximate surface area is 180 Å². The standard InChI is InChI=1S/C17H17F4N.C4H6O6/c1-12(22-2)14-10-6-7-11-15(14)17(20,21)16(18,19)13-8-4-3-5-9-13;5-1(3(7)8)2(6)4(9)10/h3-12,22H,1-2H3;1-2,5-6H,(H,7,8)(H,9,10). The molecule has 0 radical (unpaired) electrons. The maximum atomic E-state index is 14.6. The van der Waals surface area contributed by atoms with E-state index in [0.717, 1.165) is 18.2 Å². The van der Waals surface area contributed by atoms with E-state index in [4.69, 9.17) is 20.4 Å². The summed E-state index contributed by atoms with van der Waals surface area (Å²) in [6, 6.07) is 11.1. The van der Waals surface area contributed by atoms with Crippen LogP contribution in [0.5, 0.6) is 0 Å². The van der Waals surface area contributed by atoms with Crippen LogP contribution in [0.1, 0.15) is 29.7 Å². The Morgan fingerprint density at radius 1 is 0.812 bits per heavy atom. The van der Waals surface area contributed by atoms with Gasteiger partial charge in [0.05, 0.1) is 0 Å². The van der Waals surface area contributed by atoms with Crippen molar-refractivity contribution in [3.05, 3.63) is 71.3 Å². The average molecular weight is 461 g/mol. The highest BCUT2D eigenvalue weighted by atomic mass is 19.3. The summed E-state index contributed by atoms with van der Waals surface area (Å²) in [6.45, 7) is 1.65. The second-order valence-corrected chi connectivity index (χ2v) is 6.68. The van der Waals surface area contributed by atoms with Crippen LogP contribution in [-0.2, 0) is 21.4 Å². The number of carboxylic acid groups (broad SMARTS) is 2. The monoisotopic (exact) mass is 461 g/mol. The Bertz CT molecular complexity index is 892. The Balaban J connectivity index is 0.000000433. The van der Waals surface area contributed by atoms with Crippen molar-refractivity contribution < 1.29 is 47.6 Å². The highest BCUT2D eigenvalue weighted by molar-refractivity contribution is 5.83. The van der Waals surface area contributed by atoms with Crippen molar-refractivity contribution in [1.29, 1.82) is 0 Å². The molecular weight excluding hydrogens is 438 g/mol. The Kier molecular flexibility index (Phi) is 9.31. The summed E-state index contributed by atoms with van der Waals surface area (Å²) in [5, 5.41) is 35.3. The lowest BCUT2D eigenvalue weighted by atomic mass is 9.90. The number of rotatable bonds is 8. The normalized spacial score (nSPS) is 14.5. The van der Waals surface area contributed by atoms with Crippen molar-refractivity contribution in [2.45, 2.75) is 37.0 Å². The third-order valence-corrected chi connectivity index (χ3v) is 4.53. The first kappa shape index (κ1) is 27.0. The molecule has 2 rings (SSSR count). The van der Waals surface area contributed by atoms with Gasteiger partial charge in [-0.15, -0.1) is 0 Å². The molecule has 0 saturated carbocycles. The van der Waals surface area contributed by atoms with Crippen LogP contribution in [0.2, 0.25) is 0 Å². The Morgan fingerprint density at radius 3 is 1.69 bits per heavy atom.